The molecule has 0 radical (unpaired) electrons. The van der Waals surface area contributed by atoms with Gasteiger partial charge in [-0.25, -0.2) is 4.79 Å². The zero-order valence-electron chi connectivity index (χ0n) is 20.2. The standard InChI is InChI=1S/C27H25ClF3N3O2/c1-5-32(3)24-15-18(6-8-21(24)27(29,30)31)20-13-16(2)12-19(25(20)35)17-7-9-23(22(28)14-17)34-11-10-33(4)26(34)36/h6-15,35H,5H2,1-4H3. The van der Waals surface area contributed by atoms with Crippen LogP contribution in [0.5, 0.6) is 5.75 Å². The van der Waals surface area contributed by atoms with Gasteiger partial charge in [-0.3, -0.25) is 4.57 Å². The molecule has 1 N–H and O–H groups in total. The van der Waals surface area contributed by atoms with Crippen molar-refractivity contribution < 1.29 is 18.3 Å². The third-order valence-electron chi connectivity index (χ3n) is 6.22. The largest absolute Gasteiger partial charge is 0.507 e. The number of aromatic nitrogens is 2. The lowest BCUT2D eigenvalue weighted by Gasteiger charge is -2.23. The van der Waals surface area contributed by atoms with Gasteiger partial charge in [0.15, 0.2) is 0 Å². The summed E-state index contributed by atoms with van der Waals surface area (Å²) in [5.74, 6) is -0.0776. The molecular weight excluding hydrogens is 491 g/mol. The molecule has 1 heterocycles. The lowest BCUT2D eigenvalue weighted by molar-refractivity contribution is -0.137. The Labute approximate surface area is 211 Å². The summed E-state index contributed by atoms with van der Waals surface area (Å²) in [4.78, 5) is 13.8. The molecule has 0 aliphatic rings. The number of hydrogen-bond acceptors (Lipinski definition) is 3. The zero-order valence-corrected chi connectivity index (χ0v) is 20.9. The van der Waals surface area contributed by atoms with E-state index < -0.39 is 11.7 Å². The van der Waals surface area contributed by atoms with E-state index in [0.29, 0.717) is 39.5 Å². The fourth-order valence-electron chi connectivity index (χ4n) is 4.16. The molecule has 0 bridgehead atoms. The van der Waals surface area contributed by atoms with Gasteiger partial charge in [-0.05, 0) is 66.9 Å². The molecule has 5 nitrogen and oxygen atoms in total. The molecular formula is C27H25ClF3N3O2. The minimum atomic E-state index is -4.50. The fraction of sp³-hybridized carbons (Fsp3) is 0.222. The highest BCUT2D eigenvalue weighted by molar-refractivity contribution is 6.32. The summed E-state index contributed by atoms with van der Waals surface area (Å²) in [7, 11) is 3.23. The number of phenols is 1. The van der Waals surface area contributed by atoms with Crippen molar-refractivity contribution in [2.24, 2.45) is 7.05 Å². The van der Waals surface area contributed by atoms with Crippen LogP contribution in [0.4, 0.5) is 18.9 Å². The smallest absolute Gasteiger partial charge is 0.418 e. The van der Waals surface area contributed by atoms with Crippen molar-refractivity contribution in [2.75, 3.05) is 18.5 Å². The van der Waals surface area contributed by atoms with Crippen molar-refractivity contribution in [1.29, 1.82) is 0 Å². The molecule has 9 heteroatoms. The SMILES string of the molecule is CCN(C)c1cc(-c2cc(C)cc(-c3ccc(-n4ccn(C)c4=O)c(Cl)c3)c2O)ccc1C(F)(F)F. The van der Waals surface area contributed by atoms with Crippen LogP contribution in [0.3, 0.4) is 0 Å². The number of imidazole rings is 1. The van der Waals surface area contributed by atoms with Crippen molar-refractivity contribution in [3.05, 3.63) is 87.6 Å². The van der Waals surface area contributed by atoms with Gasteiger partial charge in [-0.2, -0.15) is 13.2 Å². The van der Waals surface area contributed by atoms with Gasteiger partial charge in [0.1, 0.15) is 5.75 Å². The van der Waals surface area contributed by atoms with Crippen LogP contribution < -0.4 is 10.6 Å². The first kappa shape index (κ1) is 25.4. The van der Waals surface area contributed by atoms with Crippen molar-refractivity contribution in [1.82, 2.24) is 9.13 Å². The van der Waals surface area contributed by atoms with Crippen molar-refractivity contribution >= 4 is 17.3 Å². The predicted molar refractivity (Wildman–Crippen MR) is 137 cm³/mol. The van der Waals surface area contributed by atoms with Gasteiger partial charge in [0.2, 0.25) is 0 Å². The first-order chi connectivity index (χ1) is 16.9. The Morgan fingerprint density at radius 3 is 2.14 bits per heavy atom. The van der Waals surface area contributed by atoms with E-state index in [-0.39, 0.29) is 17.1 Å². The number of rotatable bonds is 5. The topological polar surface area (TPSA) is 50.4 Å². The summed E-state index contributed by atoms with van der Waals surface area (Å²) in [6.07, 6.45) is -1.27. The molecule has 0 aliphatic carbocycles. The van der Waals surface area contributed by atoms with E-state index in [1.54, 1.807) is 63.7 Å². The predicted octanol–water partition coefficient (Wildman–Crippen LogP) is 6.65. The van der Waals surface area contributed by atoms with Gasteiger partial charge in [0.25, 0.3) is 0 Å². The first-order valence-corrected chi connectivity index (χ1v) is 11.6. The molecule has 1 aromatic heterocycles. The molecule has 0 amide bonds. The summed E-state index contributed by atoms with van der Waals surface area (Å²) >= 11 is 6.51. The van der Waals surface area contributed by atoms with Crippen molar-refractivity contribution in [3.63, 3.8) is 0 Å². The second-order valence-electron chi connectivity index (χ2n) is 8.68. The van der Waals surface area contributed by atoms with Crippen LogP contribution in [0.1, 0.15) is 18.1 Å². The monoisotopic (exact) mass is 515 g/mol. The number of anilines is 1. The highest BCUT2D eigenvalue weighted by Crippen LogP contribution is 2.43. The Kier molecular flexibility index (Phi) is 6.66. The summed E-state index contributed by atoms with van der Waals surface area (Å²) in [5, 5.41) is 11.5. The van der Waals surface area contributed by atoms with Crippen LogP contribution in [0.15, 0.2) is 65.7 Å². The number of halogens is 4. The number of phenolic OH excluding ortho intramolecular Hbond substituents is 1. The van der Waals surface area contributed by atoms with E-state index in [1.807, 2.05) is 6.92 Å². The Balaban J connectivity index is 1.84. The third-order valence-corrected chi connectivity index (χ3v) is 6.52. The van der Waals surface area contributed by atoms with Gasteiger partial charge in [0.05, 0.1) is 16.3 Å². The number of benzene rings is 3. The molecule has 4 aromatic rings. The van der Waals surface area contributed by atoms with E-state index in [4.69, 9.17) is 11.6 Å². The van der Waals surface area contributed by atoms with Gasteiger partial charge in [-0.1, -0.05) is 23.7 Å². The van der Waals surface area contributed by atoms with E-state index in [9.17, 15) is 23.1 Å². The number of aromatic hydroxyl groups is 1. The van der Waals surface area contributed by atoms with E-state index >= 15 is 0 Å². The maximum absolute atomic E-state index is 13.6. The zero-order chi connectivity index (χ0) is 26.4. The molecule has 0 fully saturated rings. The van der Waals surface area contributed by atoms with E-state index in [2.05, 4.69) is 0 Å². The molecule has 0 saturated carbocycles. The second-order valence-corrected chi connectivity index (χ2v) is 9.09. The third kappa shape index (κ3) is 4.60. The molecule has 0 aliphatic heterocycles. The molecule has 4 rings (SSSR count). The number of alkyl halides is 3. The molecule has 0 unspecified atom stereocenters. The minimum Gasteiger partial charge on any atom is -0.507 e. The van der Waals surface area contributed by atoms with Gasteiger partial charge >= 0.3 is 11.9 Å². The molecule has 0 saturated heterocycles. The molecule has 3 aromatic carbocycles. The molecule has 36 heavy (non-hydrogen) atoms. The highest BCUT2D eigenvalue weighted by Gasteiger charge is 2.34. The Morgan fingerprint density at radius 1 is 1.00 bits per heavy atom. The summed E-state index contributed by atoms with van der Waals surface area (Å²) in [6, 6.07) is 12.4. The van der Waals surface area contributed by atoms with Gasteiger partial charge < -0.3 is 14.6 Å². The normalized spacial score (nSPS) is 11.7. The Hall–Kier alpha value is -3.65. The fourth-order valence-corrected chi connectivity index (χ4v) is 4.43. The molecule has 188 valence electrons. The molecule has 0 atom stereocenters. The summed E-state index contributed by atoms with van der Waals surface area (Å²) in [6.45, 7) is 3.99. The average molecular weight is 516 g/mol. The maximum atomic E-state index is 13.6. The summed E-state index contributed by atoms with van der Waals surface area (Å²) < 4.78 is 43.7. The Bertz CT molecular complexity index is 1510. The maximum Gasteiger partial charge on any atom is 0.418 e. The van der Waals surface area contributed by atoms with E-state index in [0.717, 1.165) is 11.6 Å². The molecule has 0 spiro atoms. The highest BCUT2D eigenvalue weighted by atomic mass is 35.5. The first-order valence-electron chi connectivity index (χ1n) is 11.2. The van der Waals surface area contributed by atoms with Crippen LogP contribution in [0.2, 0.25) is 5.02 Å². The second kappa shape index (κ2) is 9.43. The van der Waals surface area contributed by atoms with Crippen LogP contribution in [-0.4, -0.2) is 27.8 Å². The van der Waals surface area contributed by atoms with Crippen LogP contribution in [0.25, 0.3) is 27.9 Å². The van der Waals surface area contributed by atoms with Crippen molar-refractivity contribution in [3.8, 4) is 33.7 Å². The quantitative estimate of drug-likeness (QED) is 0.323. The van der Waals surface area contributed by atoms with Crippen LogP contribution >= 0.6 is 11.6 Å². The van der Waals surface area contributed by atoms with Crippen LogP contribution in [0, 0.1) is 6.92 Å². The Morgan fingerprint density at radius 2 is 1.61 bits per heavy atom. The van der Waals surface area contributed by atoms with Gasteiger partial charge in [0, 0.05) is 49.8 Å². The minimum absolute atomic E-state index is 0.0330. The van der Waals surface area contributed by atoms with Crippen molar-refractivity contribution in [2.45, 2.75) is 20.0 Å². The number of hydrogen-bond donors (Lipinski definition) is 1. The average Bonchev–Trinajstić information content (AvgIpc) is 3.16. The number of aryl methyl sites for hydroxylation is 2. The number of nitrogens with zero attached hydrogens (tertiary/aromatic N) is 3. The summed E-state index contributed by atoms with van der Waals surface area (Å²) in [5.41, 5.74) is 2.30. The lowest BCUT2D eigenvalue weighted by atomic mass is 9.93. The van der Waals surface area contributed by atoms with Gasteiger partial charge in [-0.15, -0.1) is 0 Å². The lowest BCUT2D eigenvalue weighted by Crippen LogP contribution is -2.20. The van der Waals surface area contributed by atoms with Crippen LogP contribution in [-0.2, 0) is 13.2 Å². The van der Waals surface area contributed by atoms with E-state index in [1.165, 1.54) is 26.2 Å².